The fourth-order valence-corrected chi connectivity index (χ4v) is 1.72. The highest BCUT2D eigenvalue weighted by Crippen LogP contribution is 2.14. The Morgan fingerprint density at radius 3 is 2.38 bits per heavy atom. The van der Waals surface area contributed by atoms with E-state index in [0.29, 0.717) is 6.61 Å². The number of Topliss-reactive ketones (excluding diaryl/α,β-unsaturated/α-hetero) is 1. The van der Waals surface area contributed by atoms with Crippen LogP contribution in [0.25, 0.3) is 0 Å². The Hall–Kier alpha value is -0.510. The van der Waals surface area contributed by atoms with Crippen molar-refractivity contribution in [3.63, 3.8) is 0 Å². The van der Waals surface area contributed by atoms with Crippen LogP contribution in [-0.2, 0) is 14.3 Å². The zero-order valence-corrected chi connectivity index (χ0v) is 9.15. The molecule has 0 N–H and O–H groups in total. The van der Waals surface area contributed by atoms with Crippen LogP contribution < -0.4 is 0 Å². The normalized spacial score (nSPS) is 12.2. The molecule has 0 fully saturated rings. The molecule has 0 aliphatic heterocycles. The molecule has 1 unspecified atom stereocenters. The Kier molecular flexibility index (Phi) is 6.68. The van der Waals surface area contributed by atoms with Crippen LogP contribution in [0, 0.1) is 0 Å². The number of carbonyl (C=O) groups excluding carboxylic acids is 2. The van der Waals surface area contributed by atoms with Crippen molar-refractivity contribution < 1.29 is 14.3 Å². The second kappa shape index (κ2) is 6.95. The van der Waals surface area contributed by atoms with Crippen molar-refractivity contribution in [3.05, 3.63) is 0 Å². The minimum Gasteiger partial charge on any atom is -0.465 e. The Bertz CT molecular complexity index is 180. The molecule has 0 aliphatic rings. The number of rotatable bonds is 6. The van der Waals surface area contributed by atoms with Gasteiger partial charge < -0.3 is 4.74 Å². The Labute approximate surface area is 83.2 Å². The highest BCUT2D eigenvalue weighted by Gasteiger charge is 2.24. The van der Waals surface area contributed by atoms with Crippen molar-refractivity contribution in [2.45, 2.75) is 32.4 Å². The lowest BCUT2D eigenvalue weighted by Crippen LogP contribution is -2.27. The molecular formula is C9H16O3S. The third-order valence-corrected chi connectivity index (χ3v) is 2.86. The minimum absolute atomic E-state index is 0.128. The maximum absolute atomic E-state index is 11.2. The molecule has 3 nitrogen and oxygen atoms in total. The first-order chi connectivity index (χ1) is 6.13. The van der Waals surface area contributed by atoms with E-state index in [2.05, 4.69) is 0 Å². The lowest BCUT2D eigenvalue weighted by atomic mass is 10.3. The molecule has 13 heavy (non-hydrogen) atoms. The van der Waals surface area contributed by atoms with Crippen LogP contribution in [0.3, 0.4) is 0 Å². The quantitative estimate of drug-likeness (QED) is 0.487. The van der Waals surface area contributed by atoms with Gasteiger partial charge in [0.05, 0.1) is 6.61 Å². The van der Waals surface area contributed by atoms with Gasteiger partial charge in [0, 0.05) is 0 Å². The molecule has 0 amide bonds. The highest BCUT2D eigenvalue weighted by molar-refractivity contribution is 8.01. The van der Waals surface area contributed by atoms with E-state index in [-0.39, 0.29) is 5.78 Å². The van der Waals surface area contributed by atoms with Crippen molar-refractivity contribution in [1.29, 1.82) is 0 Å². The van der Waals surface area contributed by atoms with Crippen LogP contribution in [0.5, 0.6) is 0 Å². The average molecular weight is 204 g/mol. The van der Waals surface area contributed by atoms with E-state index in [1.54, 1.807) is 6.92 Å². The smallest absolute Gasteiger partial charge is 0.326 e. The van der Waals surface area contributed by atoms with Gasteiger partial charge in [0.25, 0.3) is 0 Å². The van der Waals surface area contributed by atoms with Gasteiger partial charge in [-0.1, -0.05) is 6.92 Å². The molecule has 4 heteroatoms. The first-order valence-corrected chi connectivity index (χ1v) is 5.47. The van der Waals surface area contributed by atoms with E-state index >= 15 is 0 Å². The maximum atomic E-state index is 11.2. The molecule has 0 saturated heterocycles. The monoisotopic (exact) mass is 204 g/mol. The third-order valence-electron chi connectivity index (χ3n) is 1.36. The Morgan fingerprint density at radius 2 is 2.00 bits per heavy atom. The van der Waals surface area contributed by atoms with Gasteiger partial charge in [-0.15, -0.1) is 11.8 Å². The van der Waals surface area contributed by atoms with E-state index in [1.165, 1.54) is 18.7 Å². The first kappa shape index (κ1) is 12.5. The summed E-state index contributed by atoms with van der Waals surface area (Å²) in [5, 5.41) is -0.625. The minimum atomic E-state index is -0.625. The van der Waals surface area contributed by atoms with Gasteiger partial charge >= 0.3 is 5.97 Å². The van der Waals surface area contributed by atoms with Crippen LogP contribution in [-0.4, -0.2) is 29.4 Å². The SMILES string of the molecule is CCCSC(C(C)=O)C(=O)OCC. The molecule has 1 atom stereocenters. The predicted molar refractivity (Wildman–Crippen MR) is 53.9 cm³/mol. The third kappa shape index (κ3) is 4.93. The van der Waals surface area contributed by atoms with Crippen LogP contribution in [0.4, 0.5) is 0 Å². The molecular weight excluding hydrogens is 188 g/mol. The summed E-state index contributed by atoms with van der Waals surface area (Å²) in [4.78, 5) is 22.3. The van der Waals surface area contributed by atoms with E-state index in [4.69, 9.17) is 4.74 Å². The van der Waals surface area contributed by atoms with Gasteiger partial charge in [-0.3, -0.25) is 9.59 Å². The standard InChI is InChI=1S/C9H16O3S/c1-4-6-13-8(7(3)10)9(11)12-5-2/h8H,4-6H2,1-3H3. The molecule has 0 aromatic carbocycles. The second-order valence-electron chi connectivity index (χ2n) is 2.61. The zero-order valence-electron chi connectivity index (χ0n) is 8.33. The number of hydrogen-bond acceptors (Lipinski definition) is 4. The molecule has 0 aromatic heterocycles. The topological polar surface area (TPSA) is 43.4 Å². The number of hydrogen-bond donors (Lipinski definition) is 0. The van der Waals surface area contributed by atoms with E-state index in [1.807, 2.05) is 6.92 Å². The second-order valence-corrected chi connectivity index (χ2v) is 3.83. The number of carbonyl (C=O) groups is 2. The summed E-state index contributed by atoms with van der Waals surface area (Å²) in [5.41, 5.74) is 0. The molecule has 0 saturated carbocycles. The fourth-order valence-electron chi connectivity index (χ4n) is 0.805. The summed E-state index contributed by atoms with van der Waals surface area (Å²) in [5.74, 6) is 0.272. The number of thioether (sulfide) groups is 1. The van der Waals surface area contributed by atoms with Crippen molar-refractivity contribution in [3.8, 4) is 0 Å². The van der Waals surface area contributed by atoms with Gasteiger partial charge in [0.2, 0.25) is 0 Å². The van der Waals surface area contributed by atoms with Crippen LogP contribution >= 0.6 is 11.8 Å². The highest BCUT2D eigenvalue weighted by atomic mass is 32.2. The van der Waals surface area contributed by atoms with E-state index < -0.39 is 11.2 Å². The molecule has 0 bridgehead atoms. The van der Waals surface area contributed by atoms with E-state index in [9.17, 15) is 9.59 Å². The summed E-state index contributed by atoms with van der Waals surface area (Å²) in [6.45, 7) is 5.49. The van der Waals surface area contributed by atoms with Crippen LogP contribution in [0.1, 0.15) is 27.2 Å². The molecule has 0 spiro atoms. The van der Waals surface area contributed by atoms with Gasteiger partial charge in [-0.2, -0.15) is 0 Å². The van der Waals surface area contributed by atoms with Crippen LogP contribution in [0.2, 0.25) is 0 Å². The van der Waals surface area contributed by atoms with Crippen molar-refractivity contribution in [2.24, 2.45) is 0 Å². The molecule has 0 aromatic rings. The Balaban J connectivity index is 4.07. The summed E-state index contributed by atoms with van der Waals surface area (Å²) >= 11 is 1.35. The van der Waals surface area contributed by atoms with Crippen LogP contribution in [0.15, 0.2) is 0 Å². The molecule has 0 heterocycles. The van der Waals surface area contributed by atoms with E-state index in [0.717, 1.165) is 12.2 Å². The fraction of sp³-hybridized carbons (Fsp3) is 0.778. The summed E-state index contributed by atoms with van der Waals surface area (Å²) in [7, 11) is 0. The van der Waals surface area contributed by atoms with Crippen molar-refractivity contribution in [1.82, 2.24) is 0 Å². The average Bonchev–Trinajstić information content (AvgIpc) is 2.05. The van der Waals surface area contributed by atoms with Crippen molar-refractivity contribution in [2.75, 3.05) is 12.4 Å². The molecule has 0 aliphatic carbocycles. The van der Waals surface area contributed by atoms with Crippen molar-refractivity contribution >= 4 is 23.5 Å². The predicted octanol–water partition coefficient (Wildman–Crippen LogP) is 1.65. The summed E-state index contributed by atoms with van der Waals surface area (Å²) < 4.78 is 4.78. The molecule has 76 valence electrons. The largest absolute Gasteiger partial charge is 0.465 e. The lowest BCUT2D eigenvalue weighted by molar-refractivity contribution is -0.144. The van der Waals surface area contributed by atoms with Gasteiger partial charge in [-0.05, 0) is 26.0 Å². The number of esters is 1. The summed E-state index contributed by atoms with van der Waals surface area (Å²) in [6, 6.07) is 0. The molecule has 0 radical (unpaired) electrons. The molecule has 0 rings (SSSR count). The van der Waals surface area contributed by atoms with Gasteiger partial charge in [0.1, 0.15) is 0 Å². The zero-order chi connectivity index (χ0) is 10.3. The lowest BCUT2D eigenvalue weighted by Gasteiger charge is -2.10. The summed E-state index contributed by atoms with van der Waals surface area (Å²) in [6.07, 6.45) is 0.952. The number of ketones is 1. The maximum Gasteiger partial charge on any atom is 0.326 e. The van der Waals surface area contributed by atoms with Gasteiger partial charge in [-0.25, -0.2) is 0 Å². The number of ether oxygens (including phenoxy) is 1. The Morgan fingerprint density at radius 1 is 1.38 bits per heavy atom. The first-order valence-electron chi connectivity index (χ1n) is 4.42. The van der Waals surface area contributed by atoms with Gasteiger partial charge in [0.15, 0.2) is 11.0 Å².